The van der Waals surface area contributed by atoms with E-state index in [1.54, 1.807) is 12.1 Å². The lowest BCUT2D eigenvalue weighted by molar-refractivity contribution is 0.160. The molecule has 0 aliphatic heterocycles. The first-order chi connectivity index (χ1) is 11.5. The Bertz CT molecular complexity index is 539. The number of hydrogen-bond donors (Lipinski definition) is 1. The Hall–Kier alpha value is -0.850. The average Bonchev–Trinajstić information content (AvgIpc) is 2.51. The Labute approximate surface area is 160 Å². The van der Waals surface area contributed by atoms with E-state index in [0.717, 1.165) is 12.8 Å². The minimum absolute atomic E-state index is 0.125. The van der Waals surface area contributed by atoms with Crippen LogP contribution in [0.5, 0.6) is 11.5 Å². The molecule has 24 heavy (non-hydrogen) atoms. The first-order valence-corrected chi connectivity index (χ1v) is 8.55. The Balaban J connectivity index is 2.39. The van der Waals surface area contributed by atoms with Gasteiger partial charge in [-0.1, -0.05) is 51.6 Å². The molecule has 0 radical (unpaired) electrons. The lowest BCUT2D eigenvalue weighted by Gasteiger charge is -2.12. The van der Waals surface area contributed by atoms with Crippen molar-refractivity contribution in [3.05, 3.63) is 32.7 Å². The third kappa shape index (κ3) is 8.85. The minimum atomic E-state index is 0.125. The number of ether oxygens (including phenoxy) is 3. The van der Waals surface area contributed by atoms with Crippen LogP contribution in [0.4, 0.5) is 0 Å². The summed E-state index contributed by atoms with van der Waals surface area (Å²) in [5, 5.41) is 11.7. The highest BCUT2D eigenvalue weighted by Gasteiger charge is 2.10. The summed E-state index contributed by atoms with van der Waals surface area (Å²) in [5.74, 6) is 0.895. The molecule has 0 amide bonds. The van der Waals surface area contributed by atoms with Crippen molar-refractivity contribution in [2.75, 3.05) is 26.4 Å². The number of unbranched alkanes of at least 4 members (excludes halogenated alkanes) is 1. The molecule has 0 aromatic heterocycles. The summed E-state index contributed by atoms with van der Waals surface area (Å²) < 4.78 is 16.3. The van der Waals surface area contributed by atoms with Crippen molar-refractivity contribution < 1.29 is 19.4 Å². The zero-order chi connectivity index (χ0) is 17.8. The van der Waals surface area contributed by atoms with Gasteiger partial charge in [0.25, 0.3) is 0 Å². The van der Waals surface area contributed by atoms with Gasteiger partial charge >= 0.3 is 0 Å². The lowest BCUT2D eigenvalue weighted by Crippen LogP contribution is -2.03. The summed E-state index contributed by atoms with van der Waals surface area (Å²) >= 11 is 23.3. The van der Waals surface area contributed by atoms with Crippen LogP contribution in [0.15, 0.2) is 27.9 Å². The third-order valence-electron chi connectivity index (χ3n) is 2.66. The predicted octanol–water partition coefficient (Wildman–Crippen LogP) is 5.33. The molecule has 0 fully saturated rings. The van der Waals surface area contributed by atoms with E-state index >= 15 is 0 Å². The number of benzene rings is 1. The Kier molecular flexibility index (Phi) is 11.0. The van der Waals surface area contributed by atoms with Crippen molar-refractivity contribution in [3.63, 3.8) is 0 Å². The molecule has 5 nitrogen and oxygen atoms in total. The standard InChI is InChI=1S/C15H17Cl4NO4/c16-12-9-11(23-7-3-14(18)19)10-13(17)15(12)24-6-2-1-5-22-8-4-20-21/h3-4,9-10,21H,1-2,5-8H2. The molecule has 0 unspecified atom stereocenters. The second kappa shape index (κ2) is 12.5. The van der Waals surface area contributed by atoms with Gasteiger partial charge in [0.2, 0.25) is 0 Å². The fraction of sp³-hybridized carbons (Fsp3) is 0.400. The Morgan fingerprint density at radius 2 is 1.71 bits per heavy atom. The molecule has 0 saturated heterocycles. The minimum Gasteiger partial charge on any atom is -0.490 e. The number of hydrogen-bond acceptors (Lipinski definition) is 5. The molecule has 0 saturated carbocycles. The first kappa shape index (κ1) is 21.2. The van der Waals surface area contributed by atoms with Crippen LogP contribution in [-0.4, -0.2) is 37.8 Å². The van der Waals surface area contributed by atoms with Gasteiger partial charge in [-0.2, -0.15) is 0 Å². The van der Waals surface area contributed by atoms with Crippen molar-refractivity contribution >= 4 is 52.6 Å². The topological polar surface area (TPSA) is 60.3 Å². The average molecular weight is 417 g/mol. The summed E-state index contributed by atoms with van der Waals surface area (Å²) in [4.78, 5) is 0. The van der Waals surface area contributed by atoms with Gasteiger partial charge in [-0.25, -0.2) is 0 Å². The normalized spacial score (nSPS) is 10.8. The predicted molar refractivity (Wildman–Crippen MR) is 97.6 cm³/mol. The summed E-state index contributed by atoms with van der Waals surface area (Å²) in [5.41, 5.74) is 0. The zero-order valence-corrected chi connectivity index (χ0v) is 15.7. The molecule has 1 aromatic rings. The van der Waals surface area contributed by atoms with Gasteiger partial charge in [0.1, 0.15) is 16.8 Å². The summed E-state index contributed by atoms with van der Waals surface area (Å²) in [6.07, 6.45) is 4.34. The second-order valence-electron chi connectivity index (χ2n) is 4.45. The van der Waals surface area contributed by atoms with Crippen LogP contribution in [0.25, 0.3) is 0 Å². The number of halogens is 4. The highest BCUT2D eigenvalue weighted by atomic mass is 35.5. The largest absolute Gasteiger partial charge is 0.490 e. The van der Waals surface area contributed by atoms with Gasteiger partial charge in [0, 0.05) is 18.7 Å². The molecule has 0 aliphatic rings. The fourth-order valence-electron chi connectivity index (χ4n) is 1.61. The molecule has 0 spiro atoms. The maximum absolute atomic E-state index is 8.20. The molecule has 9 heteroatoms. The second-order valence-corrected chi connectivity index (χ2v) is 6.27. The maximum Gasteiger partial charge on any atom is 0.156 e. The highest BCUT2D eigenvalue weighted by Crippen LogP contribution is 2.37. The summed E-state index contributed by atoms with van der Waals surface area (Å²) in [6.45, 7) is 1.47. The van der Waals surface area contributed by atoms with E-state index in [4.69, 9.17) is 65.8 Å². The third-order valence-corrected chi connectivity index (χ3v) is 3.53. The van der Waals surface area contributed by atoms with Crippen LogP contribution >= 0.6 is 46.4 Å². The van der Waals surface area contributed by atoms with Crippen molar-refractivity contribution in [1.29, 1.82) is 0 Å². The Morgan fingerprint density at radius 3 is 2.33 bits per heavy atom. The molecule has 0 aliphatic carbocycles. The Morgan fingerprint density at radius 1 is 1.04 bits per heavy atom. The van der Waals surface area contributed by atoms with Gasteiger partial charge in [0.15, 0.2) is 5.75 Å². The van der Waals surface area contributed by atoms with Gasteiger partial charge in [-0.3, -0.25) is 0 Å². The van der Waals surface area contributed by atoms with Gasteiger partial charge in [-0.05, 0) is 18.9 Å². The quantitative estimate of drug-likeness (QED) is 0.229. The van der Waals surface area contributed by atoms with E-state index < -0.39 is 0 Å². The molecule has 1 N–H and O–H groups in total. The SMILES string of the molecule is ON=CCOCCCCOc1c(Cl)cc(OCC=C(Cl)Cl)cc1Cl. The van der Waals surface area contributed by atoms with Crippen LogP contribution < -0.4 is 9.47 Å². The van der Waals surface area contributed by atoms with Gasteiger partial charge in [-0.15, -0.1) is 0 Å². The number of rotatable bonds is 11. The molecule has 1 aromatic carbocycles. The fourth-order valence-corrected chi connectivity index (χ4v) is 2.31. The van der Waals surface area contributed by atoms with Crippen LogP contribution in [0.3, 0.4) is 0 Å². The molecular formula is C15H17Cl4NO4. The van der Waals surface area contributed by atoms with E-state index in [1.807, 2.05) is 0 Å². The van der Waals surface area contributed by atoms with Crippen molar-refractivity contribution in [3.8, 4) is 11.5 Å². The van der Waals surface area contributed by atoms with Crippen LogP contribution in [0.1, 0.15) is 12.8 Å². The molecule has 0 bridgehead atoms. The zero-order valence-electron chi connectivity index (χ0n) is 12.7. The molecular weight excluding hydrogens is 400 g/mol. The highest BCUT2D eigenvalue weighted by molar-refractivity contribution is 6.55. The number of nitrogens with zero attached hydrogens (tertiary/aromatic N) is 1. The molecule has 0 heterocycles. The first-order valence-electron chi connectivity index (χ1n) is 7.04. The monoisotopic (exact) mass is 415 g/mol. The lowest BCUT2D eigenvalue weighted by atomic mass is 10.3. The van der Waals surface area contributed by atoms with Crippen molar-refractivity contribution in [2.45, 2.75) is 12.8 Å². The van der Waals surface area contributed by atoms with Gasteiger partial charge in [0.05, 0.1) is 29.5 Å². The molecule has 134 valence electrons. The van der Waals surface area contributed by atoms with E-state index in [9.17, 15) is 0 Å². The maximum atomic E-state index is 8.20. The van der Waals surface area contributed by atoms with Crippen LogP contribution in [-0.2, 0) is 4.74 Å². The van der Waals surface area contributed by atoms with Crippen molar-refractivity contribution in [1.82, 2.24) is 0 Å². The smallest absolute Gasteiger partial charge is 0.156 e. The van der Waals surface area contributed by atoms with E-state index in [2.05, 4.69) is 5.16 Å². The summed E-state index contributed by atoms with van der Waals surface area (Å²) in [7, 11) is 0. The van der Waals surface area contributed by atoms with E-state index in [1.165, 1.54) is 12.3 Å². The summed E-state index contributed by atoms with van der Waals surface area (Å²) in [6, 6.07) is 3.21. The van der Waals surface area contributed by atoms with E-state index in [0.29, 0.717) is 34.8 Å². The number of oxime groups is 1. The molecule has 0 atom stereocenters. The van der Waals surface area contributed by atoms with Gasteiger partial charge < -0.3 is 19.4 Å². The van der Waals surface area contributed by atoms with Crippen LogP contribution in [0.2, 0.25) is 10.0 Å². The molecule has 1 rings (SSSR count). The van der Waals surface area contributed by atoms with E-state index in [-0.39, 0.29) is 17.7 Å². The van der Waals surface area contributed by atoms with Crippen LogP contribution in [0, 0.1) is 0 Å². The van der Waals surface area contributed by atoms with Crippen molar-refractivity contribution in [2.24, 2.45) is 5.16 Å².